The molecule has 1 fully saturated rings. The Hall–Kier alpha value is -1.18. The van der Waals surface area contributed by atoms with Crippen molar-refractivity contribution in [3.8, 4) is 11.4 Å². The van der Waals surface area contributed by atoms with E-state index in [1.54, 1.807) is 0 Å². The van der Waals surface area contributed by atoms with E-state index in [1.807, 2.05) is 36.1 Å². The van der Waals surface area contributed by atoms with E-state index in [2.05, 4.69) is 10.1 Å². The highest BCUT2D eigenvalue weighted by molar-refractivity contribution is 5.85. The summed E-state index contributed by atoms with van der Waals surface area (Å²) in [6.45, 7) is 3.88. The normalized spacial score (nSPS) is 21.3. The van der Waals surface area contributed by atoms with E-state index in [-0.39, 0.29) is 37.0 Å². The molecule has 6 nitrogen and oxygen atoms in total. The first kappa shape index (κ1) is 19.9. The summed E-state index contributed by atoms with van der Waals surface area (Å²) in [5, 5.41) is 13.8. The average Bonchev–Trinajstić information content (AvgIpc) is 2.87. The van der Waals surface area contributed by atoms with Crippen LogP contribution in [0.25, 0.3) is 11.4 Å². The Morgan fingerprint density at radius 3 is 2.61 bits per heavy atom. The largest absolute Gasteiger partial charge is 0.392 e. The van der Waals surface area contributed by atoms with Crippen molar-refractivity contribution in [2.24, 2.45) is 5.73 Å². The third kappa shape index (κ3) is 5.16. The van der Waals surface area contributed by atoms with Gasteiger partial charge >= 0.3 is 0 Å². The lowest BCUT2D eigenvalue weighted by atomic mass is 10.0. The quantitative estimate of drug-likeness (QED) is 0.867. The molecule has 1 aliphatic rings. The second-order valence-corrected chi connectivity index (χ2v) is 5.72. The molecule has 2 atom stereocenters. The minimum atomic E-state index is -0.381. The molecule has 8 heteroatoms. The molecule has 0 aliphatic carbocycles. The number of aliphatic hydroxyl groups is 1. The van der Waals surface area contributed by atoms with Crippen molar-refractivity contribution < 1.29 is 9.63 Å². The molecule has 3 rings (SSSR count). The Morgan fingerprint density at radius 2 is 1.96 bits per heavy atom. The summed E-state index contributed by atoms with van der Waals surface area (Å²) >= 11 is 0. The zero-order chi connectivity index (χ0) is 14.8. The second-order valence-electron chi connectivity index (χ2n) is 5.72. The number of benzene rings is 1. The molecule has 23 heavy (non-hydrogen) atoms. The number of rotatable bonds is 3. The SMILES string of the molecule is Cc1ccc(-c2noc(CN3C[C@@H](N)C[C@@H](O)C3)n2)cc1.Cl.Cl. The van der Waals surface area contributed by atoms with Gasteiger partial charge in [0.25, 0.3) is 0 Å². The Morgan fingerprint density at radius 1 is 1.26 bits per heavy atom. The maximum Gasteiger partial charge on any atom is 0.241 e. The van der Waals surface area contributed by atoms with Crippen molar-refractivity contribution in [1.29, 1.82) is 0 Å². The van der Waals surface area contributed by atoms with Crippen LogP contribution in [0.2, 0.25) is 0 Å². The molecule has 0 radical (unpaired) electrons. The van der Waals surface area contributed by atoms with Crippen LogP contribution in [-0.2, 0) is 6.54 Å². The highest BCUT2D eigenvalue weighted by Gasteiger charge is 2.24. The number of halogens is 2. The summed E-state index contributed by atoms with van der Waals surface area (Å²) in [6, 6.07) is 7.99. The number of piperidine rings is 1. The molecule has 3 N–H and O–H groups in total. The van der Waals surface area contributed by atoms with Crippen LogP contribution in [-0.4, -0.2) is 45.4 Å². The highest BCUT2D eigenvalue weighted by atomic mass is 35.5. The van der Waals surface area contributed by atoms with E-state index < -0.39 is 0 Å². The van der Waals surface area contributed by atoms with Crippen molar-refractivity contribution in [2.45, 2.75) is 32.0 Å². The fraction of sp³-hybridized carbons (Fsp3) is 0.467. The summed E-state index contributed by atoms with van der Waals surface area (Å²) in [7, 11) is 0. The van der Waals surface area contributed by atoms with E-state index in [1.165, 1.54) is 5.56 Å². The minimum absolute atomic E-state index is 0. The number of nitrogens with two attached hydrogens (primary N) is 1. The van der Waals surface area contributed by atoms with Gasteiger partial charge in [0.15, 0.2) is 0 Å². The molecule has 0 amide bonds. The molecular weight excluding hydrogens is 339 g/mol. The molecular formula is C15H22Cl2N4O2. The van der Waals surface area contributed by atoms with E-state index in [9.17, 15) is 5.11 Å². The van der Waals surface area contributed by atoms with Crippen molar-refractivity contribution in [3.05, 3.63) is 35.7 Å². The molecule has 2 aromatic rings. The highest BCUT2D eigenvalue weighted by Crippen LogP contribution is 2.18. The first-order valence-corrected chi connectivity index (χ1v) is 7.16. The number of nitrogens with zero attached hydrogens (tertiary/aromatic N) is 3. The lowest BCUT2D eigenvalue weighted by Gasteiger charge is -2.32. The van der Waals surface area contributed by atoms with Gasteiger partial charge in [-0.25, -0.2) is 0 Å². The molecule has 0 unspecified atom stereocenters. The predicted molar refractivity (Wildman–Crippen MR) is 92.8 cm³/mol. The Balaban J connectivity index is 0.00000132. The van der Waals surface area contributed by atoms with Crippen LogP contribution >= 0.6 is 24.8 Å². The first-order chi connectivity index (χ1) is 10.1. The van der Waals surface area contributed by atoms with E-state index in [4.69, 9.17) is 10.3 Å². The standard InChI is InChI=1S/C15H20N4O2.2ClH/c1-10-2-4-11(5-3-10)15-17-14(21-18-15)9-19-7-12(16)6-13(20)8-19;;/h2-5,12-13,20H,6-9,16H2,1H3;2*1H/t12-,13+;;/m0../s1. The monoisotopic (exact) mass is 360 g/mol. The number of aryl methyl sites for hydroxylation is 1. The molecule has 0 saturated carbocycles. The van der Waals surface area contributed by atoms with Crippen LogP contribution < -0.4 is 5.73 Å². The number of β-amino-alcohol motifs (C(OH)–C–C–N with tert-alkyl or cyclic N) is 1. The maximum atomic E-state index is 9.75. The van der Waals surface area contributed by atoms with Gasteiger partial charge in [-0.2, -0.15) is 4.98 Å². The van der Waals surface area contributed by atoms with Gasteiger partial charge < -0.3 is 15.4 Å². The summed E-state index contributed by atoms with van der Waals surface area (Å²) < 4.78 is 5.30. The molecule has 1 aromatic heterocycles. The Labute approximate surface area is 147 Å². The summed E-state index contributed by atoms with van der Waals surface area (Å²) in [5.74, 6) is 1.14. The first-order valence-electron chi connectivity index (χ1n) is 7.16. The van der Waals surface area contributed by atoms with Crippen molar-refractivity contribution in [1.82, 2.24) is 15.0 Å². The smallest absolute Gasteiger partial charge is 0.241 e. The predicted octanol–water partition coefficient (Wildman–Crippen LogP) is 1.78. The topological polar surface area (TPSA) is 88.4 Å². The van der Waals surface area contributed by atoms with Crippen LogP contribution in [0.3, 0.4) is 0 Å². The molecule has 1 aliphatic heterocycles. The van der Waals surface area contributed by atoms with Crippen LogP contribution in [0.15, 0.2) is 28.8 Å². The molecule has 128 valence electrons. The molecule has 2 heterocycles. The summed E-state index contributed by atoms with van der Waals surface area (Å²) in [4.78, 5) is 6.46. The van der Waals surface area contributed by atoms with Crippen molar-refractivity contribution in [3.63, 3.8) is 0 Å². The average molecular weight is 361 g/mol. The number of aromatic nitrogens is 2. The Bertz CT molecular complexity index is 596. The number of hydrogen-bond acceptors (Lipinski definition) is 6. The lowest BCUT2D eigenvalue weighted by Crippen LogP contribution is -2.48. The molecule has 1 saturated heterocycles. The number of aliphatic hydroxyl groups excluding tert-OH is 1. The maximum absolute atomic E-state index is 9.75. The van der Waals surface area contributed by atoms with Crippen LogP contribution in [0.5, 0.6) is 0 Å². The second kappa shape index (κ2) is 8.61. The van der Waals surface area contributed by atoms with Gasteiger partial charge in [-0.15, -0.1) is 24.8 Å². The van der Waals surface area contributed by atoms with E-state index in [0.717, 1.165) is 12.1 Å². The zero-order valence-corrected chi connectivity index (χ0v) is 14.5. The zero-order valence-electron chi connectivity index (χ0n) is 12.9. The van der Waals surface area contributed by atoms with Gasteiger partial charge in [0.1, 0.15) is 0 Å². The summed E-state index contributed by atoms with van der Waals surface area (Å²) in [6.07, 6.45) is 0.267. The van der Waals surface area contributed by atoms with E-state index in [0.29, 0.717) is 31.2 Å². The summed E-state index contributed by atoms with van der Waals surface area (Å²) in [5.41, 5.74) is 8.04. The third-order valence-corrected chi connectivity index (χ3v) is 3.67. The van der Waals surface area contributed by atoms with Crippen LogP contribution in [0, 0.1) is 6.92 Å². The van der Waals surface area contributed by atoms with Crippen molar-refractivity contribution >= 4 is 24.8 Å². The van der Waals surface area contributed by atoms with Gasteiger partial charge in [0, 0.05) is 24.7 Å². The van der Waals surface area contributed by atoms with Crippen molar-refractivity contribution in [2.75, 3.05) is 13.1 Å². The Kier molecular flexibility index (Phi) is 7.44. The van der Waals surface area contributed by atoms with Gasteiger partial charge in [0.2, 0.25) is 11.7 Å². The number of hydrogen-bond donors (Lipinski definition) is 2. The molecule has 1 aromatic carbocycles. The fourth-order valence-electron chi connectivity index (χ4n) is 2.66. The van der Waals surface area contributed by atoms with Crippen LogP contribution in [0.1, 0.15) is 17.9 Å². The van der Waals surface area contributed by atoms with E-state index >= 15 is 0 Å². The van der Waals surface area contributed by atoms with Gasteiger partial charge in [-0.1, -0.05) is 35.0 Å². The molecule has 0 spiro atoms. The third-order valence-electron chi connectivity index (χ3n) is 3.67. The van der Waals surface area contributed by atoms with Gasteiger partial charge in [0.05, 0.1) is 12.6 Å². The van der Waals surface area contributed by atoms with Crippen LogP contribution in [0.4, 0.5) is 0 Å². The number of likely N-dealkylation sites (tertiary alicyclic amines) is 1. The fourth-order valence-corrected chi connectivity index (χ4v) is 2.66. The molecule has 0 bridgehead atoms. The van der Waals surface area contributed by atoms with Gasteiger partial charge in [-0.05, 0) is 13.3 Å². The minimum Gasteiger partial charge on any atom is -0.392 e. The lowest BCUT2D eigenvalue weighted by molar-refractivity contribution is 0.0512. The van der Waals surface area contributed by atoms with Gasteiger partial charge in [-0.3, -0.25) is 4.90 Å².